The van der Waals surface area contributed by atoms with E-state index in [-0.39, 0.29) is 23.2 Å². The summed E-state index contributed by atoms with van der Waals surface area (Å²) in [7, 11) is -3.98. The van der Waals surface area contributed by atoms with E-state index in [1.807, 2.05) is 6.07 Å². The lowest BCUT2D eigenvalue weighted by Crippen LogP contribution is -2.40. The molecule has 0 fully saturated rings. The van der Waals surface area contributed by atoms with Crippen molar-refractivity contribution in [3.8, 4) is 0 Å². The van der Waals surface area contributed by atoms with Gasteiger partial charge in [0, 0.05) is 18.1 Å². The minimum Gasteiger partial charge on any atom is -0.444 e. The number of ether oxygens (including phenoxy) is 1. The van der Waals surface area contributed by atoms with E-state index >= 15 is 0 Å². The SMILES string of the molecule is CC(C)(C)OC(=O)N1CCc2cccc(S(=O)(=O)Nc3cccc(NC(=O)C(C)(C)CCl)c3)c2C1. The zero-order valence-corrected chi connectivity index (χ0v) is 22.2. The average molecular weight is 522 g/mol. The number of carbonyl (C=O) groups excluding carboxylic acids is 2. The minimum absolute atomic E-state index is 0.0981. The van der Waals surface area contributed by atoms with Crippen LogP contribution in [0.2, 0.25) is 0 Å². The van der Waals surface area contributed by atoms with Gasteiger partial charge in [-0.05, 0) is 76.4 Å². The van der Waals surface area contributed by atoms with Gasteiger partial charge in [0.25, 0.3) is 10.0 Å². The second kappa shape index (κ2) is 10.1. The third-order valence-corrected chi connectivity index (χ3v) is 7.63. The molecule has 35 heavy (non-hydrogen) atoms. The van der Waals surface area contributed by atoms with Crippen LogP contribution in [0.3, 0.4) is 0 Å². The molecule has 1 aliphatic heterocycles. The highest BCUT2D eigenvalue weighted by atomic mass is 35.5. The van der Waals surface area contributed by atoms with Gasteiger partial charge in [-0.1, -0.05) is 18.2 Å². The molecule has 2 aromatic carbocycles. The van der Waals surface area contributed by atoms with Crippen LogP contribution in [-0.4, -0.2) is 43.3 Å². The van der Waals surface area contributed by atoms with Gasteiger partial charge in [-0.15, -0.1) is 11.6 Å². The summed E-state index contributed by atoms with van der Waals surface area (Å²) in [5.74, 6) is -0.128. The number of nitrogens with zero attached hydrogens (tertiary/aromatic N) is 1. The molecule has 0 aromatic heterocycles. The molecule has 0 atom stereocenters. The van der Waals surface area contributed by atoms with Gasteiger partial charge in [0.2, 0.25) is 5.91 Å². The van der Waals surface area contributed by atoms with Crippen molar-refractivity contribution >= 4 is 45.0 Å². The molecule has 2 N–H and O–H groups in total. The second-order valence-corrected chi connectivity index (χ2v) is 12.1. The Morgan fingerprint density at radius 2 is 1.71 bits per heavy atom. The maximum absolute atomic E-state index is 13.4. The van der Waals surface area contributed by atoms with E-state index < -0.39 is 27.1 Å². The number of nitrogens with one attached hydrogen (secondary N) is 2. The van der Waals surface area contributed by atoms with Crippen LogP contribution in [0.1, 0.15) is 45.7 Å². The molecule has 10 heteroatoms. The fraction of sp³-hybridized carbons (Fsp3) is 0.440. The van der Waals surface area contributed by atoms with E-state index in [9.17, 15) is 18.0 Å². The maximum atomic E-state index is 13.4. The van der Waals surface area contributed by atoms with Crippen molar-refractivity contribution in [3.63, 3.8) is 0 Å². The molecule has 1 heterocycles. The number of rotatable bonds is 6. The first kappa shape index (κ1) is 26.8. The topological polar surface area (TPSA) is 105 Å². The van der Waals surface area contributed by atoms with Gasteiger partial charge in [0.1, 0.15) is 5.60 Å². The van der Waals surface area contributed by atoms with Crippen molar-refractivity contribution in [1.82, 2.24) is 4.90 Å². The summed E-state index contributed by atoms with van der Waals surface area (Å²) in [4.78, 5) is 26.6. The molecule has 1 aliphatic rings. The van der Waals surface area contributed by atoms with Gasteiger partial charge in [0.15, 0.2) is 0 Å². The first-order chi connectivity index (χ1) is 16.2. The summed E-state index contributed by atoms with van der Waals surface area (Å²) in [6.07, 6.45) is 0.0436. The van der Waals surface area contributed by atoms with Crippen LogP contribution < -0.4 is 10.0 Å². The Bertz CT molecular complexity index is 1220. The van der Waals surface area contributed by atoms with Crippen LogP contribution in [0.15, 0.2) is 47.4 Å². The van der Waals surface area contributed by atoms with Gasteiger partial charge in [-0.2, -0.15) is 0 Å². The quantitative estimate of drug-likeness (QED) is 0.521. The van der Waals surface area contributed by atoms with E-state index in [1.165, 1.54) is 11.0 Å². The van der Waals surface area contributed by atoms with Gasteiger partial charge < -0.3 is 15.0 Å². The van der Waals surface area contributed by atoms with Crippen LogP contribution in [-0.2, 0) is 32.5 Å². The first-order valence-corrected chi connectivity index (χ1v) is 13.3. The van der Waals surface area contributed by atoms with Crippen LogP contribution in [0.5, 0.6) is 0 Å². The zero-order valence-electron chi connectivity index (χ0n) is 20.6. The Morgan fingerprint density at radius 3 is 2.37 bits per heavy atom. The molecule has 190 valence electrons. The van der Waals surface area contributed by atoms with E-state index in [0.717, 1.165) is 5.56 Å². The van der Waals surface area contributed by atoms with Gasteiger partial charge >= 0.3 is 6.09 Å². The molecule has 0 saturated carbocycles. The molecule has 2 aromatic rings. The van der Waals surface area contributed by atoms with Crippen LogP contribution in [0, 0.1) is 5.41 Å². The molecular formula is C25H32ClN3O5S. The van der Waals surface area contributed by atoms with Crippen molar-refractivity contribution in [2.24, 2.45) is 5.41 Å². The minimum atomic E-state index is -3.98. The lowest BCUT2D eigenvalue weighted by Gasteiger charge is -2.32. The molecule has 0 unspecified atom stereocenters. The normalized spacial score (nSPS) is 14.2. The Morgan fingerprint density at radius 1 is 1.06 bits per heavy atom. The molecule has 0 aliphatic carbocycles. The van der Waals surface area contributed by atoms with Gasteiger partial charge in [0.05, 0.1) is 22.5 Å². The van der Waals surface area contributed by atoms with Crippen molar-refractivity contribution in [3.05, 3.63) is 53.6 Å². The molecule has 0 saturated heterocycles. The van der Waals surface area contributed by atoms with Crippen LogP contribution in [0.4, 0.5) is 16.2 Å². The number of fused-ring (bicyclic) bond motifs is 1. The highest BCUT2D eigenvalue weighted by Crippen LogP contribution is 2.29. The molecule has 3 rings (SSSR count). The summed E-state index contributed by atoms with van der Waals surface area (Å²) in [6, 6.07) is 11.5. The van der Waals surface area contributed by atoms with Crippen molar-refractivity contribution in [1.29, 1.82) is 0 Å². The number of anilines is 2. The maximum Gasteiger partial charge on any atom is 0.410 e. The smallest absolute Gasteiger partial charge is 0.410 e. The molecule has 8 nitrogen and oxygen atoms in total. The van der Waals surface area contributed by atoms with E-state index in [2.05, 4.69) is 10.0 Å². The van der Waals surface area contributed by atoms with Gasteiger partial charge in [-0.3, -0.25) is 9.52 Å². The standard InChI is InChI=1S/C25H32ClN3O5S/c1-24(2,3)34-23(31)29-13-12-17-8-6-11-21(20(17)15-29)35(32,33)28-19-10-7-9-18(14-19)27-22(30)25(4,5)16-26/h6-11,14,28H,12-13,15-16H2,1-5H3,(H,27,30). The summed E-state index contributed by atoms with van der Waals surface area (Å²) in [5.41, 5.74) is 0.746. The summed E-state index contributed by atoms with van der Waals surface area (Å²) in [6.45, 7) is 9.38. The number of benzene rings is 2. The van der Waals surface area contributed by atoms with E-state index in [4.69, 9.17) is 16.3 Å². The number of carbonyl (C=O) groups is 2. The second-order valence-electron chi connectivity index (χ2n) is 10.2. The lowest BCUT2D eigenvalue weighted by atomic mass is 9.95. The summed E-state index contributed by atoms with van der Waals surface area (Å²) in [5, 5.41) is 2.77. The Kier molecular flexibility index (Phi) is 7.71. The van der Waals surface area contributed by atoms with E-state index in [0.29, 0.717) is 29.9 Å². The highest BCUT2D eigenvalue weighted by molar-refractivity contribution is 7.92. The Labute approximate surface area is 212 Å². The van der Waals surface area contributed by atoms with Crippen LogP contribution in [0.25, 0.3) is 0 Å². The lowest BCUT2D eigenvalue weighted by molar-refractivity contribution is -0.122. The fourth-order valence-electron chi connectivity index (χ4n) is 3.52. The van der Waals surface area contributed by atoms with Crippen molar-refractivity contribution < 1.29 is 22.7 Å². The molecule has 0 spiro atoms. The monoisotopic (exact) mass is 521 g/mol. The third kappa shape index (κ3) is 6.67. The molecule has 2 amide bonds. The molecule has 0 radical (unpaired) electrons. The van der Waals surface area contributed by atoms with Crippen molar-refractivity contribution in [2.75, 3.05) is 22.5 Å². The highest BCUT2D eigenvalue weighted by Gasteiger charge is 2.30. The average Bonchev–Trinajstić information content (AvgIpc) is 2.77. The zero-order chi connectivity index (χ0) is 26.0. The number of hydrogen-bond acceptors (Lipinski definition) is 5. The predicted molar refractivity (Wildman–Crippen MR) is 137 cm³/mol. The predicted octanol–water partition coefficient (Wildman–Crippen LogP) is 4.98. The van der Waals surface area contributed by atoms with E-state index in [1.54, 1.807) is 65.0 Å². The largest absolute Gasteiger partial charge is 0.444 e. The number of halogens is 1. The van der Waals surface area contributed by atoms with Gasteiger partial charge in [-0.25, -0.2) is 13.2 Å². The molecular weight excluding hydrogens is 490 g/mol. The number of alkyl halides is 1. The van der Waals surface area contributed by atoms with Crippen molar-refractivity contribution in [2.45, 2.75) is 58.1 Å². The Hall–Kier alpha value is -2.78. The Balaban J connectivity index is 1.83. The summed E-state index contributed by atoms with van der Waals surface area (Å²) >= 11 is 5.87. The molecule has 0 bridgehead atoms. The number of hydrogen-bond donors (Lipinski definition) is 2. The summed E-state index contributed by atoms with van der Waals surface area (Å²) < 4.78 is 34.8. The fourth-order valence-corrected chi connectivity index (χ4v) is 4.96. The third-order valence-electron chi connectivity index (χ3n) is 5.49. The number of sulfonamides is 1. The van der Waals surface area contributed by atoms with Crippen LogP contribution >= 0.6 is 11.6 Å². The number of amides is 2. The first-order valence-electron chi connectivity index (χ1n) is 11.3.